The van der Waals surface area contributed by atoms with E-state index in [4.69, 9.17) is 0 Å². The zero-order valence-electron chi connectivity index (χ0n) is 13.6. The minimum Gasteiger partial charge on any atom is -0.507 e. The Balaban J connectivity index is 1.60. The molecule has 1 aliphatic rings. The van der Waals surface area contributed by atoms with Crippen molar-refractivity contribution in [1.29, 1.82) is 0 Å². The van der Waals surface area contributed by atoms with Gasteiger partial charge in [-0.15, -0.1) is 22.0 Å². The van der Waals surface area contributed by atoms with Crippen LogP contribution in [0.1, 0.15) is 5.56 Å². The van der Waals surface area contributed by atoms with Gasteiger partial charge in [-0.25, -0.2) is 0 Å². The molecule has 2 heterocycles. The Labute approximate surface area is 159 Å². The highest BCUT2D eigenvalue weighted by Gasteiger charge is 2.33. The van der Waals surface area contributed by atoms with Crippen molar-refractivity contribution in [2.75, 3.05) is 10.7 Å². The third kappa shape index (κ3) is 3.36. The maximum Gasteiger partial charge on any atom is 0.240 e. The maximum atomic E-state index is 12.4. The number of hydrogen-bond donors (Lipinski definition) is 1. The van der Waals surface area contributed by atoms with Crippen molar-refractivity contribution in [2.45, 2.75) is 5.37 Å². The van der Waals surface area contributed by atoms with Crippen molar-refractivity contribution in [2.24, 2.45) is 0 Å². The monoisotopic (exact) mass is 381 g/mol. The summed E-state index contributed by atoms with van der Waals surface area (Å²) in [4.78, 5) is 14.0. The van der Waals surface area contributed by atoms with E-state index in [0.717, 1.165) is 5.56 Å². The number of aromatic nitrogens is 2. The number of benzene rings is 2. The van der Waals surface area contributed by atoms with E-state index in [9.17, 15) is 9.90 Å². The number of amides is 1. The van der Waals surface area contributed by atoms with Gasteiger partial charge in [0.15, 0.2) is 5.01 Å². The van der Waals surface area contributed by atoms with Gasteiger partial charge in [0, 0.05) is 0 Å². The molecule has 130 valence electrons. The SMILES string of the molecule is O=C1CSC(/C=C/c2ccccc2)N1c1nnc(-c2ccccc2O)s1. The molecular formula is C19H15N3O2S2. The number of phenols is 1. The predicted molar refractivity (Wildman–Crippen MR) is 106 cm³/mol. The smallest absolute Gasteiger partial charge is 0.240 e. The minimum atomic E-state index is -0.118. The summed E-state index contributed by atoms with van der Waals surface area (Å²) >= 11 is 2.86. The Morgan fingerprint density at radius 3 is 2.65 bits per heavy atom. The molecule has 1 atom stereocenters. The van der Waals surface area contributed by atoms with E-state index in [-0.39, 0.29) is 17.0 Å². The summed E-state index contributed by atoms with van der Waals surface area (Å²) in [5.41, 5.74) is 1.70. The van der Waals surface area contributed by atoms with Crippen molar-refractivity contribution < 1.29 is 9.90 Å². The van der Waals surface area contributed by atoms with Crippen LogP contribution in [0.15, 0.2) is 60.7 Å². The number of thioether (sulfide) groups is 1. The zero-order chi connectivity index (χ0) is 17.9. The number of carbonyl (C=O) groups excluding carboxylic acids is 1. The minimum absolute atomic E-state index is 0.0118. The summed E-state index contributed by atoms with van der Waals surface area (Å²) in [5, 5.41) is 19.4. The van der Waals surface area contributed by atoms with Crippen molar-refractivity contribution in [3.63, 3.8) is 0 Å². The van der Waals surface area contributed by atoms with Gasteiger partial charge in [-0.05, 0) is 17.7 Å². The Hall–Kier alpha value is -2.64. The Morgan fingerprint density at radius 1 is 1.08 bits per heavy atom. The molecule has 4 rings (SSSR count). The van der Waals surface area contributed by atoms with Gasteiger partial charge < -0.3 is 5.11 Å². The molecule has 1 N–H and O–H groups in total. The lowest BCUT2D eigenvalue weighted by molar-refractivity contribution is -0.115. The van der Waals surface area contributed by atoms with Crippen molar-refractivity contribution >= 4 is 40.2 Å². The summed E-state index contributed by atoms with van der Waals surface area (Å²) in [5.74, 6) is 0.575. The second-order valence-corrected chi connectivity index (χ2v) is 7.70. The van der Waals surface area contributed by atoms with E-state index >= 15 is 0 Å². The summed E-state index contributed by atoms with van der Waals surface area (Å²) in [6.07, 6.45) is 4.01. The lowest BCUT2D eigenvalue weighted by Gasteiger charge is -2.17. The number of phenolic OH excluding ortho intramolecular Hbond substituents is 1. The third-order valence-corrected chi connectivity index (χ3v) is 5.99. The summed E-state index contributed by atoms with van der Waals surface area (Å²) in [6.45, 7) is 0. The van der Waals surface area contributed by atoms with Gasteiger partial charge in [0.2, 0.25) is 11.0 Å². The molecule has 1 fully saturated rings. The van der Waals surface area contributed by atoms with Crippen LogP contribution in [-0.2, 0) is 4.79 Å². The molecule has 1 amide bonds. The van der Waals surface area contributed by atoms with Crippen LogP contribution < -0.4 is 4.90 Å². The summed E-state index contributed by atoms with van der Waals surface area (Å²) in [7, 11) is 0. The highest BCUT2D eigenvalue weighted by Crippen LogP contribution is 2.38. The topological polar surface area (TPSA) is 66.3 Å². The lowest BCUT2D eigenvalue weighted by Crippen LogP contribution is -2.31. The molecule has 0 bridgehead atoms. The van der Waals surface area contributed by atoms with Crippen molar-refractivity contribution in [1.82, 2.24) is 10.2 Å². The van der Waals surface area contributed by atoms with Gasteiger partial charge in [-0.3, -0.25) is 9.69 Å². The Kier molecular flexibility index (Phi) is 4.73. The molecular weight excluding hydrogens is 366 g/mol. The van der Waals surface area contributed by atoms with Gasteiger partial charge in [0.1, 0.15) is 11.1 Å². The van der Waals surface area contributed by atoms with Gasteiger partial charge in [0.25, 0.3) is 0 Å². The molecule has 0 spiro atoms. The number of anilines is 1. The first-order valence-corrected chi connectivity index (χ1v) is 9.88. The fourth-order valence-electron chi connectivity index (χ4n) is 2.63. The zero-order valence-corrected chi connectivity index (χ0v) is 15.3. The lowest BCUT2D eigenvalue weighted by atomic mass is 10.2. The molecule has 0 saturated carbocycles. The Morgan fingerprint density at radius 2 is 1.85 bits per heavy atom. The highest BCUT2D eigenvalue weighted by molar-refractivity contribution is 8.01. The fourth-order valence-corrected chi connectivity index (χ4v) is 4.64. The van der Waals surface area contributed by atoms with Crippen LogP contribution >= 0.6 is 23.1 Å². The molecule has 5 nitrogen and oxygen atoms in total. The van der Waals surface area contributed by atoms with Crippen LogP contribution in [0.3, 0.4) is 0 Å². The van der Waals surface area contributed by atoms with Crippen LogP contribution in [0.5, 0.6) is 5.75 Å². The molecule has 3 aromatic rings. The molecule has 7 heteroatoms. The normalized spacial score (nSPS) is 17.3. The summed E-state index contributed by atoms with van der Waals surface area (Å²) in [6, 6.07) is 16.9. The molecule has 1 saturated heterocycles. The highest BCUT2D eigenvalue weighted by atomic mass is 32.2. The number of carbonyl (C=O) groups is 1. The number of nitrogens with zero attached hydrogens (tertiary/aromatic N) is 3. The van der Waals surface area contributed by atoms with Crippen LogP contribution in [0.2, 0.25) is 0 Å². The van der Waals surface area contributed by atoms with Gasteiger partial charge in [-0.1, -0.05) is 66.0 Å². The van der Waals surface area contributed by atoms with E-state index in [0.29, 0.717) is 21.5 Å². The van der Waals surface area contributed by atoms with Crippen molar-refractivity contribution in [3.8, 4) is 16.3 Å². The molecule has 1 aromatic heterocycles. The van der Waals surface area contributed by atoms with Gasteiger partial charge in [-0.2, -0.15) is 0 Å². The van der Waals surface area contributed by atoms with Crippen LogP contribution in [0.4, 0.5) is 5.13 Å². The average molecular weight is 381 g/mol. The molecule has 1 unspecified atom stereocenters. The Bertz CT molecular complexity index is 956. The van der Waals surface area contributed by atoms with Gasteiger partial charge in [0.05, 0.1) is 11.3 Å². The first kappa shape index (κ1) is 16.8. The fraction of sp³-hybridized carbons (Fsp3) is 0.105. The second kappa shape index (κ2) is 7.31. The van der Waals surface area contributed by atoms with E-state index < -0.39 is 0 Å². The standard InChI is InChI=1S/C19H15N3O2S2/c23-15-9-5-4-8-14(15)18-20-21-19(26-18)22-16(24)12-25-17(22)11-10-13-6-2-1-3-7-13/h1-11,17,23H,12H2/b11-10+. The van der Waals surface area contributed by atoms with E-state index in [1.165, 1.54) is 11.3 Å². The first-order valence-electron chi connectivity index (χ1n) is 8.01. The molecule has 0 aliphatic carbocycles. The molecule has 2 aromatic carbocycles. The van der Waals surface area contributed by atoms with E-state index in [1.807, 2.05) is 48.6 Å². The van der Waals surface area contributed by atoms with Gasteiger partial charge >= 0.3 is 0 Å². The first-order chi connectivity index (χ1) is 12.7. The average Bonchev–Trinajstić information content (AvgIpc) is 3.28. The van der Waals surface area contributed by atoms with E-state index in [2.05, 4.69) is 10.2 Å². The van der Waals surface area contributed by atoms with Crippen molar-refractivity contribution in [3.05, 3.63) is 66.2 Å². The molecule has 26 heavy (non-hydrogen) atoms. The maximum absolute atomic E-state index is 12.4. The number of para-hydroxylation sites is 1. The number of hydrogen-bond acceptors (Lipinski definition) is 6. The van der Waals surface area contributed by atoms with Crippen LogP contribution in [0, 0.1) is 0 Å². The van der Waals surface area contributed by atoms with E-state index in [1.54, 1.807) is 34.9 Å². The quantitative estimate of drug-likeness (QED) is 0.739. The largest absolute Gasteiger partial charge is 0.507 e. The molecule has 1 aliphatic heterocycles. The number of aromatic hydroxyl groups is 1. The second-order valence-electron chi connectivity index (χ2n) is 5.64. The predicted octanol–water partition coefficient (Wildman–Crippen LogP) is 4.03. The summed E-state index contributed by atoms with van der Waals surface area (Å²) < 4.78 is 0. The molecule has 0 radical (unpaired) electrons. The van der Waals surface area contributed by atoms with Crippen LogP contribution in [0.25, 0.3) is 16.6 Å². The number of rotatable bonds is 4. The van der Waals surface area contributed by atoms with Crippen LogP contribution in [-0.4, -0.2) is 32.3 Å². The third-order valence-electron chi connectivity index (χ3n) is 3.91.